The van der Waals surface area contributed by atoms with Gasteiger partial charge in [-0.2, -0.15) is 4.98 Å². The van der Waals surface area contributed by atoms with E-state index >= 15 is 0 Å². The summed E-state index contributed by atoms with van der Waals surface area (Å²) in [6.07, 6.45) is 1.22. The highest BCUT2D eigenvalue weighted by Gasteiger charge is 2.15. The number of anilines is 1. The minimum absolute atomic E-state index is 0.0759. The van der Waals surface area contributed by atoms with Crippen LogP contribution in [0.2, 0.25) is 0 Å². The molecule has 2 heterocycles. The summed E-state index contributed by atoms with van der Waals surface area (Å²) in [5.41, 5.74) is 0.846. The molecule has 0 unspecified atom stereocenters. The van der Waals surface area contributed by atoms with Gasteiger partial charge in [-0.15, -0.1) is 0 Å². The number of carbonyl (C=O) groups excluding carboxylic acids is 2. The maximum absolute atomic E-state index is 13.2. The van der Waals surface area contributed by atoms with Gasteiger partial charge in [0.15, 0.2) is 0 Å². The highest BCUT2D eigenvalue weighted by Crippen LogP contribution is 2.25. The average Bonchev–Trinajstić information content (AvgIpc) is 2.81. The molecule has 0 saturated carbocycles. The van der Waals surface area contributed by atoms with Crippen molar-refractivity contribution in [2.45, 2.75) is 19.4 Å². The first kappa shape index (κ1) is 24.6. The van der Waals surface area contributed by atoms with E-state index in [1.807, 2.05) is 0 Å². The van der Waals surface area contributed by atoms with Crippen LogP contribution < -0.4 is 14.8 Å². The third kappa shape index (κ3) is 7.24. The van der Waals surface area contributed by atoms with Gasteiger partial charge in [0.2, 0.25) is 11.8 Å². The Balaban J connectivity index is 1.80. The summed E-state index contributed by atoms with van der Waals surface area (Å²) in [5, 5.41) is 2.68. The molecule has 0 fully saturated rings. The third-order valence-electron chi connectivity index (χ3n) is 4.44. The quantitative estimate of drug-likeness (QED) is 0.447. The van der Waals surface area contributed by atoms with Crippen molar-refractivity contribution in [2.24, 2.45) is 0 Å². The number of nitrogens with one attached hydrogen (secondary N) is 1. The Kier molecular flexibility index (Phi) is 8.47. The Hall–Kier alpha value is -4.05. The number of hydrogen-bond donors (Lipinski definition) is 1. The van der Waals surface area contributed by atoms with Crippen LogP contribution in [0.15, 0.2) is 54.7 Å². The van der Waals surface area contributed by atoms with Crippen LogP contribution >= 0.6 is 0 Å². The van der Waals surface area contributed by atoms with Crippen molar-refractivity contribution in [1.82, 2.24) is 9.97 Å². The normalized spacial score (nSPS) is 11.4. The van der Waals surface area contributed by atoms with Gasteiger partial charge in [-0.1, -0.05) is 6.07 Å². The fourth-order valence-electron chi connectivity index (χ4n) is 2.85. The smallest absolute Gasteiger partial charge is 0.310 e. The summed E-state index contributed by atoms with van der Waals surface area (Å²) in [7, 11) is 2.85. The number of benzene rings is 1. The first-order valence-electron chi connectivity index (χ1n) is 10.3. The first-order chi connectivity index (χ1) is 16.4. The fourth-order valence-corrected chi connectivity index (χ4v) is 2.85. The van der Waals surface area contributed by atoms with Gasteiger partial charge in [0.05, 0.1) is 25.7 Å². The number of esters is 1. The van der Waals surface area contributed by atoms with Crippen LogP contribution in [-0.4, -0.2) is 48.8 Å². The second kappa shape index (κ2) is 11.7. The highest BCUT2D eigenvalue weighted by molar-refractivity contribution is 6.04. The van der Waals surface area contributed by atoms with E-state index in [0.29, 0.717) is 17.9 Å². The van der Waals surface area contributed by atoms with E-state index in [1.54, 1.807) is 26.2 Å². The highest BCUT2D eigenvalue weighted by atomic mass is 19.1. The summed E-state index contributed by atoms with van der Waals surface area (Å²) in [4.78, 5) is 32.7. The number of halogens is 1. The zero-order valence-corrected chi connectivity index (χ0v) is 18.9. The van der Waals surface area contributed by atoms with E-state index in [9.17, 15) is 14.0 Å². The lowest BCUT2D eigenvalue weighted by molar-refractivity contribution is -0.139. The Morgan fingerprint density at radius 2 is 1.79 bits per heavy atom. The molecule has 1 N–H and O–H groups in total. The molecule has 0 radical (unpaired) electrons. The van der Waals surface area contributed by atoms with E-state index in [2.05, 4.69) is 20.0 Å². The Morgan fingerprint density at radius 3 is 2.44 bits per heavy atom. The molecule has 0 spiro atoms. The van der Waals surface area contributed by atoms with Gasteiger partial charge in [-0.05, 0) is 42.8 Å². The third-order valence-corrected chi connectivity index (χ3v) is 4.44. The summed E-state index contributed by atoms with van der Waals surface area (Å²) in [6.45, 7) is 2.10. The number of nitrogens with zero attached hydrogens (tertiary/aromatic N) is 2. The molecule has 3 aromatic rings. The molecule has 0 aliphatic heterocycles. The number of aromatic nitrogens is 2. The predicted molar refractivity (Wildman–Crippen MR) is 121 cm³/mol. The lowest BCUT2D eigenvalue weighted by Crippen LogP contribution is -2.19. The Morgan fingerprint density at radius 1 is 1.06 bits per heavy atom. The molecule has 178 valence electrons. The fraction of sp³-hybridized carbons (Fsp3) is 0.250. The number of rotatable bonds is 10. The van der Waals surface area contributed by atoms with Crippen LogP contribution in [0.1, 0.15) is 22.8 Å². The molecule has 34 heavy (non-hydrogen) atoms. The summed E-state index contributed by atoms with van der Waals surface area (Å²) < 4.78 is 34.3. The second-order valence-electron chi connectivity index (χ2n) is 7.23. The van der Waals surface area contributed by atoms with Crippen LogP contribution in [0.3, 0.4) is 0 Å². The minimum atomic E-state index is -0.483. The van der Waals surface area contributed by atoms with E-state index in [1.165, 1.54) is 49.7 Å². The average molecular weight is 469 g/mol. The Bertz CT molecular complexity index is 1120. The standard InChI is InChI=1S/C24H24FN3O6/c1-15(14-31-2)33-21-11-17(12-22(28-21)34-19-7-5-18(25)6-8-19)24(30)27-20-9-4-16(13-26-20)10-23(29)32-3/h4-9,11-13,15H,10,14H2,1-3H3,(H,26,27,30)/t15-/m1/s1. The largest absolute Gasteiger partial charge is 0.472 e. The van der Waals surface area contributed by atoms with Gasteiger partial charge in [-0.25, -0.2) is 9.37 Å². The number of amides is 1. The molecule has 10 heteroatoms. The molecular weight excluding hydrogens is 445 g/mol. The SMILES string of the molecule is COC[C@@H](C)Oc1cc(C(=O)Nc2ccc(CC(=O)OC)cn2)cc(Oc2ccc(F)cc2)n1. The van der Waals surface area contributed by atoms with Crippen LogP contribution in [0.4, 0.5) is 10.2 Å². The van der Waals surface area contributed by atoms with Crippen LogP contribution in [-0.2, 0) is 20.7 Å². The molecule has 1 atom stereocenters. The predicted octanol–water partition coefficient (Wildman–Crippen LogP) is 3.79. The summed E-state index contributed by atoms with van der Waals surface area (Å²) in [6, 6.07) is 11.5. The first-order valence-corrected chi connectivity index (χ1v) is 10.3. The summed E-state index contributed by atoms with van der Waals surface area (Å²) in [5.74, 6) is -0.424. The van der Waals surface area contributed by atoms with Crippen LogP contribution in [0.25, 0.3) is 0 Å². The lowest BCUT2D eigenvalue weighted by atomic mass is 10.2. The van der Waals surface area contributed by atoms with Crippen molar-refractivity contribution in [2.75, 3.05) is 26.1 Å². The van der Waals surface area contributed by atoms with Gasteiger partial charge in [0.1, 0.15) is 23.5 Å². The van der Waals surface area contributed by atoms with Crippen LogP contribution in [0.5, 0.6) is 17.5 Å². The zero-order chi connectivity index (χ0) is 24.5. The minimum Gasteiger partial charge on any atom is -0.472 e. The van der Waals surface area contributed by atoms with Gasteiger partial charge >= 0.3 is 5.97 Å². The number of hydrogen-bond acceptors (Lipinski definition) is 8. The summed E-state index contributed by atoms with van der Waals surface area (Å²) >= 11 is 0. The number of methoxy groups -OCH3 is 2. The van der Waals surface area contributed by atoms with E-state index in [0.717, 1.165) is 0 Å². The van der Waals surface area contributed by atoms with Gasteiger partial charge in [-0.3, -0.25) is 9.59 Å². The molecular formula is C24H24FN3O6. The molecule has 0 saturated heterocycles. The van der Waals surface area contributed by atoms with Crippen molar-refractivity contribution in [3.05, 3.63) is 71.7 Å². The van der Waals surface area contributed by atoms with E-state index in [4.69, 9.17) is 14.2 Å². The van der Waals surface area contributed by atoms with Crippen molar-refractivity contribution < 1.29 is 32.9 Å². The van der Waals surface area contributed by atoms with E-state index < -0.39 is 11.7 Å². The lowest BCUT2D eigenvalue weighted by Gasteiger charge is -2.15. The van der Waals surface area contributed by atoms with Gasteiger partial charge in [0, 0.05) is 25.4 Å². The zero-order valence-electron chi connectivity index (χ0n) is 18.9. The van der Waals surface area contributed by atoms with Gasteiger partial charge < -0.3 is 24.3 Å². The Labute approximate surface area is 195 Å². The number of pyridine rings is 2. The molecule has 2 aromatic heterocycles. The van der Waals surface area contributed by atoms with Crippen LogP contribution in [0, 0.1) is 5.82 Å². The van der Waals surface area contributed by atoms with Gasteiger partial charge in [0.25, 0.3) is 5.91 Å². The second-order valence-corrected chi connectivity index (χ2v) is 7.23. The topological polar surface area (TPSA) is 109 Å². The van der Waals surface area contributed by atoms with Crippen molar-refractivity contribution in [1.29, 1.82) is 0 Å². The molecule has 9 nitrogen and oxygen atoms in total. The molecule has 1 aromatic carbocycles. The molecule has 0 bridgehead atoms. The molecule has 3 rings (SSSR count). The van der Waals surface area contributed by atoms with E-state index in [-0.39, 0.29) is 41.6 Å². The maximum Gasteiger partial charge on any atom is 0.310 e. The number of ether oxygens (including phenoxy) is 4. The molecule has 0 aliphatic carbocycles. The maximum atomic E-state index is 13.2. The van der Waals surface area contributed by atoms with Crippen molar-refractivity contribution in [3.8, 4) is 17.5 Å². The molecule has 1 amide bonds. The molecule has 0 aliphatic rings. The monoisotopic (exact) mass is 469 g/mol. The van der Waals surface area contributed by atoms with Crippen molar-refractivity contribution >= 4 is 17.7 Å². The van der Waals surface area contributed by atoms with Crippen molar-refractivity contribution in [3.63, 3.8) is 0 Å². The number of carbonyl (C=O) groups is 2.